The highest BCUT2D eigenvalue weighted by molar-refractivity contribution is 7.99. The zero-order chi connectivity index (χ0) is 16.4. The summed E-state index contributed by atoms with van der Waals surface area (Å²) in [4.78, 5) is 14.5. The normalized spacial score (nSPS) is 23.9. The molecule has 0 N–H and O–H groups in total. The number of piperidine rings is 1. The Morgan fingerprint density at radius 3 is 2.96 bits per heavy atom. The van der Waals surface area contributed by atoms with E-state index in [1.54, 1.807) is 18.4 Å². The second-order valence-corrected chi connectivity index (χ2v) is 7.50. The Bertz CT molecular complexity index is 685. The Morgan fingerprint density at radius 2 is 2.12 bits per heavy atom. The van der Waals surface area contributed by atoms with Crippen LogP contribution in [0.3, 0.4) is 0 Å². The smallest absolute Gasteiger partial charge is 0.284 e. The highest BCUT2D eigenvalue weighted by Crippen LogP contribution is 2.36. The van der Waals surface area contributed by atoms with Gasteiger partial charge < -0.3 is 13.7 Å². The fourth-order valence-electron chi connectivity index (χ4n) is 3.81. The quantitative estimate of drug-likeness (QED) is 0.789. The van der Waals surface area contributed by atoms with Crippen molar-refractivity contribution in [3.05, 3.63) is 18.4 Å². The van der Waals surface area contributed by atoms with Crippen molar-refractivity contribution in [2.24, 2.45) is 11.8 Å². The number of carbonyl (C=O) groups excluding carboxylic acids is 1. The Hall–Kier alpha value is -1.76. The first-order valence-electron chi connectivity index (χ1n) is 8.57. The molecule has 1 amide bonds. The molecule has 2 atom stereocenters. The number of carbonyl (C=O) groups is 1. The summed E-state index contributed by atoms with van der Waals surface area (Å²) in [5, 5.41) is 8.32. The predicted octanol–water partition coefficient (Wildman–Crippen LogP) is 3.46. The molecular weight excluding hydrogens is 326 g/mol. The number of furan rings is 1. The molecule has 3 heterocycles. The molecule has 2 aromatic rings. The number of thioether (sulfide) groups is 1. The summed E-state index contributed by atoms with van der Waals surface area (Å²) in [6.07, 6.45) is 8.02. The van der Waals surface area contributed by atoms with Gasteiger partial charge in [0.2, 0.25) is 5.91 Å². The van der Waals surface area contributed by atoms with Crippen LogP contribution in [0.25, 0.3) is 11.7 Å². The molecule has 24 heavy (non-hydrogen) atoms. The van der Waals surface area contributed by atoms with Gasteiger partial charge in [-0.2, -0.15) is 0 Å². The van der Waals surface area contributed by atoms with E-state index in [0.717, 1.165) is 25.4 Å². The lowest BCUT2D eigenvalue weighted by Crippen LogP contribution is -2.45. The van der Waals surface area contributed by atoms with Gasteiger partial charge in [0.1, 0.15) is 0 Å². The molecule has 1 saturated carbocycles. The second kappa shape index (κ2) is 7.01. The number of nitrogens with zero attached hydrogens (tertiary/aromatic N) is 3. The van der Waals surface area contributed by atoms with E-state index in [2.05, 4.69) is 10.2 Å². The first kappa shape index (κ1) is 15.7. The molecule has 2 aromatic heterocycles. The molecule has 7 heteroatoms. The van der Waals surface area contributed by atoms with Gasteiger partial charge in [0.05, 0.1) is 12.0 Å². The molecule has 2 fully saturated rings. The van der Waals surface area contributed by atoms with Crippen molar-refractivity contribution < 1.29 is 13.6 Å². The van der Waals surface area contributed by atoms with Crippen LogP contribution in [0, 0.1) is 11.8 Å². The average Bonchev–Trinajstić information content (AvgIpc) is 3.30. The van der Waals surface area contributed by atoms with Crippen molar-refractivity contribution in [1.29, 1.82) is 0 Å². The lowest BCUT2D eigenvalue weighted by atomic mass is 9.75. The van der Waals surface area contributed by atoms with E-state index in [4.69, 9.17) is 8.83 Å². The van der Waals surface area contributed by atoms with Crippen LogP contribution >= 0.6 is 11.8 Å². The molecule has 0 aromatic carbocycles. The lowest BCUT2D eigenvalue weighted by Gasteiger charge is -2.41. The minimum Gasteiger partial charge on any atom is -0.459 e. The van der Waals surface area contributed by atoms with Gasteiger partial charge in [-0.05, 0) is 36.8 Å². The largest absolute Gasteiger partial charge is 0.459 e. The molecule has 4 rings (SSSR count). The van der Waals surface area contributed by atoms with E-state index < -0.39 is 0 Å². The fourth-order valence-corrected chi connectivity index (χ4v) is 4.48. The van der Waals surface area contributed by atoms with E-state index >= 15 is 0 Å². The number of amides is 1. The molecule has 0 radical (unpaired) electrons. The first-order chi connectivity index (χ1) is 11.8. The highest BCUT2D eigenvalue weighted by Gasteiger charge is 2.32. The minimum atomic E-state index is 0.168. The van der Waals surface area contributed by atoms with Crippen LogP contribution in [0.2, 0.25) is 0 Å². The first-order valence-corrected chi connectivity index (χ1v) is 9.56. The van der Waals surface area contributed by atoms with E-state index in [9.17, 15) is 4.79 Å². The summed E-state index contributed by atoms with van der Waals surface area (Å²) in [5.74, 6) is 2.94. The molecule has 1 aliphatic carbocycles. The van der Waals surface area contributed by atoms with Crippen LogP contribution in [-0.2, 0) is 4.79 Å². The highest BCUT2D eigenvalue weighted by atomic mass is 32.2. The van der Waals surface area contributed by atoms with Gasteiger partial charge in [0.25, 0.3) is 11.1 Å². The van der Waals surface area contributed by atoms with Crippen LogP contribution in [0.4, 0.5) is 0 Å². The van der Waals surface area contributed by atoms with E-state index in [1.807, 2.05) is 4.90 Å². The Balaban J connectivity index is 1.30. The van der Waals surface area contributed by atoms with Crippen LogP contribution in [0.15, 0.2) is 32.5 Å². The van der Waals surface area contributed by atoms with Gasteiger partial charge >= 0.3 is 0 Å². The van der Waals surface area contributed by atoms with Crippen LogP contribution in [0.5, 0.6) is 0 Å². The molecule has 6 nitrogen and oxygen atoms in total. The molecule has 0 spiro atoms. The summed E-state index contributed by atoms with van der Waals surface area (Å²) in [6, 6.07) is 3.53. The summed E-state index contributed by atoms with van der Waals surface area (Å²) in [7, 11) is 0. The zero-order valence-electron chi connectivity index (χ0n) is 13.5. The van der Waals surface area contributed by atoms with Gasteiger partial charge in [0, 0.05) is 13.1 Å². The third-order valence-corrected chi connectivity index (χ3v) is 5.90. The monoisotopic (exact) mass is 347 g/mol. The maximum Gasteiger partial charge on any atom is 0.284 e. The molecule has 128 valence electrons. The third-order valence-electron chi connectivity index (χ3n) is 5.10. The predicted molar refractivity (Wildman–Crippen MR) is 89.4 cm³/mol. The van der Waals surface area contributed by atoms with Gasteiger partial charge in [-0.3, -0.25) is 4.79 Å². The molecule has 2 aliphatic rings. The van der Waals surface area contributed by atoms with Crippen LogP contribution < -0.4 is 0 Å². The topological polar surface area (TPSA) is 72.4 Å². The maximum absolute atomic E-state index is 12.5. The van der Waals surface area contributed by atoms with E-state index in [1.165, 1.54) is 37.4 Å². The molecular formula is C17H21N3O3S. The number of hydrogen-bond donors (Lipinski definition) is 0. The van der Waals surface area contributed by atoms with Gasteiger partial charge in [-0.1, -0.05) is 31.0 Å². The van der Waals surface area contributed by atoms with Crippen molar-refractivity contribution >= 4 is 17.7 Å². The summed E-state index contributed by atoms with van der Waals surface area (Å²) in [5.41, 5.74) is 0. The van der Waals surface area contributed by atoms with Crippen molar-refractivity contribution in [2.75, 3.05) is 18.8 Å². The number of fused-ring (bicyclic) bond motifs is 1. The van der Waals surface area contributed by atoms with Crippen LogP contribution in [0.1, 0.15) is 32.1 Å². The lowest BCUT2D eigenvalue weighted by molar-refractivity contribution is -0.131. The maximum atomic E-state index is 12.5. The summed E-state index contributed by atoms with van der Waals surface area (Å²) < 4.78 is 10.8. The fraction of sp³-hybridized carbons (Fsp3) is 0.588. The Morgan fingerprint density at radius 1 is 1.25 bits per heavy atom. The SMILES string of the molecule is O=C(CSc1nnc(-c2ccco2)o1)N1CC[C@@H]2CCCC[C@H]2C1. The molecule has 1 aliphatic heterocycles. The number of hydrogen-bond acceptors (Lipinski definition) is 6. The van der Waals surface area contributed by atoms with Gasteiger partial charge in [-0.25, -0.2) is 0 Å². The van der Waals surface area contributed by atoms with Crippen molar-refractivity contribution in [3.8, 4) is 11.7 Å². The van der Waals surface area contributed by atoms with Gasteiger partial charge in [-0.15, -0.1) is 10.2 Å². The molecule has 0 bridgehead atoms. The average molecular weight is 347 g/mol. The summed E-state index contributed by atoms with van der Waals surface area (Å²) >= 11 is 1.30. The number of aromatic nitrogens is 2. The number of likely N-dealkylation sites (tertiary alicyclic amines) is 1. The zero-order valence-corrected chi connectivity index (χ0v) is 14.3. The number of rotatable bonds is 4. The van der Waals surface area contributed by atoms with Crippen LogP contribution in [-0.4, -0.2) is 39.8 Å². The van der Waals surface area contributed by atoms with Crippen molar-refractivity contribution in [2.45, 2.75) is 37.3 Å². The second-order valence-electron chi connectivity index (χ2n) is 6.57. The third kappa shape index (κ3) is 3.36. The van der Waals surface area contributed by atoms with Crippen molar-refractivity contribution in [3.63, 3.8) is 0 Å². The molecule has 0 unspecified atom stereocenters. The van der Waals surface area contributed by atoms with Gasteiger partial charge in [0.15, 0.2) is 5.76 Å². The standard InChI is InChI=1S/C17H21N3O3S/c21-15(20-8-7-12-4-1-2-5-13(12)10-20)11-24-17-19-18-16(23-17)14-6-3-9-22-14/h3,6,9,12-13H,1-2,4-5,7-8,10-11H2/t12-,13-/m0/s1. The Kier molecular flexibility index (Phi) is 4.60. The Labute approximate surface area is 145 Å². The minimum absolute atomic E-state index is 0.168. The van der Waals surface area contributed by atoms with E-state index in [-0.39, 0.29) is 5.91 Å². The molecule has 1 saturated heterocycles. The van der Waals surface area contributed by atoms with E-state index in [0.29, 0.717) is 28.5 Å². The van der Waals surface area contributed by atoms with Crippen molar-refractivity contribution in [1.82, 2.24) is 15.1 Å². The summed E-state index contributed by atoms with van der Waals surface area (Å²) in [6.45, 7) is 1.81.